The van der Waals surface area contributed by atoms with Crippen LogP contribution in [0.5, 0.6) is 0 Å². The van der Waals surface area contributed by atoms with Gasteiger partial charge in [-0.15, -0.1) is 0 Å². The molecule has 6 nitrogen and oxygen atoms in total. The number of aromatic nitrogens is 1. The first-order chi connectivity index (χ1) is 16.7. The summed E-state index contributed by atoms with van der Waals surface area (Å²) < 4.78 is 1.97. The van der Waals surface area contributed by atoms with E-state index in [0.717, 1.165) is 17.6 Å². The third-order valence-electron chi connectivity index (χ3n) is 5.93. The largest absolute Gasteiger partial charge is 0.384 e. The number of hydrogen-bond acceptors (Lipinski definition) is 4. The van der Waals surface area contributed by atoms with Crippen molar-refractivity contribution in [2.24, 2.45) is 0 Å². The Hall–Kier alpha value is -3.11. The lowest BCUT2D eigenvalue weighted by molar-refractivity contribution is 0.0949. The number of halogens is 1. The number of rotatable bonds is 8. The maximum Gasteiger partial charge on any atom is 0.257 e. The second kappa shape index (κ2) is 12.0. The van der Waals surface area contributed by atoms with E-state index in [-0.39, 0.29) is 24.1 Å². The molecule has 3 aromatic rings. The highest BCUT2D eigenvalue weighted by Crippen LogP contribution is 2.16. The summed E-state index contributed by atoms with van der Waals surface area (Å²) in [5.41, 5.74) is 1.97. The average Bonchev–Trinajstić information content (AvgIpc) is 2.83. The van der Waals surface area contributed by atoms with Crippen LogP contribution >= 0.6 is 11.6 Å². The van der Waals surface area contributed by atoms with E-state index in [0.29, 0.717) is 34.6 Å². The van der Waals surface area contributed by atoms with Crippen LogP contribution in [-0.2, 0) is 13.1 Å². The number of carbonyl (C=O) groups excluding carboxylic acids is 1. The van der Waals surface area contributed by atoms with Gasteiger partial charge in [0.05, 0.1) is 5.52 Å². The highest BCUT2D eigenvalue weighted by atomic mass is 35.5. The molecule has 35 heavy (non-hydrogen) atoms. The van der Waals surface area contributed by atoms with Gasteiger partial charge in [-0.25, -0.2) is 0 Å². The highest BCUT2D eigenvalue weighted by molar-refractivity contribution is 6.30. The molecule has 0 radical (unpaired) electrons. The number of nitrogens with one attached hydrogen (secondary N) is 1. The van der Waals surface area contributed by atoms with E-state index in [1.807, 2.05) is 28.8 Å². The molecule has 0 spiro atoms. The van der Waals surface area contributed by atoms with Crippen molar-refractivity contribution in [1.82, 2.24) is 14.8 Å². The van der Waals surface area contributed by atoms with Crippen LogP contribution in [0.3, 0.4) is 0 Å². The molecule has 184 valence electrons. The van der Waals surface area contributed by atoms with Crippen molar-refractivity contribution in [2.45, 2.75) is 52.9 Å². The lowest BCUT2D eigenvalue weighted by Crippen LogP contribution is -2.39. The number of carbonyl (C=O) groups is 1. The molecule has 0 atom stereocenters. The molecular formula is C28H32ClN3O3. The van der Waals surface area contributed by atoms with Crippen LogP contribution in [0.4, 0.5) is 0 Å². The first-order valence-electron chi connectivity index (χ1n) is 11.8. The Balaban J connectivity index is 2.00. The van der Waals surface area contributed by atoms with Crippen LogP contribution in [0.25, 0.3) is 10.9 Å². The Morgan fingerprint density at radius 2 is 1.80 bits per heavy atom. The molecule has 1 aromatic heterocycles. The summed E-state index contributed by atoms with van der Waals surface area (Å²) in [4.78, 5) is 28.8. The standard InChI is InChI=1S/C28H32ClN3O3/c1-19(2)32(20(3)4)14-13-31-18-25(28(35)30-17-22-7-10-23(29)11-8-22)27(34)24-16-21(6-5-15-33)9-12-26(24)31/h7-12,16,18-20,33H,13-15,17H2,1-4H3,(H,30,35). The third-order valence-corrected chi connectivity index (χ3v) is 6.18. The maximum absolute atomic E-state index is 13.4. The SMILES string of the molecule is CC(C)N(CCn1cc(C(=O)NCc2ccc(Cl)cc2)c(=O)c2cc(C#CCO)ccc21)C(C)C. The Morgan fingerprint density at radius 3 is 2.43 bits per heavy atom. The number of aliphatic hydroxyl groups is 1. The molecule has 2 aromatic carbocycles. The van der Waals surface area contributed by atoms with Gasteiger partial charge >= 0.3 is 0 Å². The molecule has 1 amide bonds. The molecular weight excluding hydrogens is 462 g/mol. The molecule has 3 rings (SSSR count). The summed E-state index contributed by atoms with van der Waals surface area (Å²) >= 11 is 5.94. The second-order valence-corrected chi connectivity index (χ2v) is 9.43. The smallest absolute Gasteiger partial charge is 0.257 e. The summed E-state index contributed by atoms with van der Waals surface area (Å²) in [6.45, 7) is 10.0. The van der Waals surface area contributed by atoms with Crippen molar-refractivity contribution >= 4 is 28.4 Å². The number of nitrogens with zero attached hydrogens (tertiary/aromatic N) is 2. The number of fused-ring (bicyclic) bond motifs is 1. The van der Waals surface area contributed by atoms with Crippen LogP contribution < -0.4 is 10.7 Å². The molecule has 0 unspecified atom stereocenters. The van der Waals surface area contributed by atoms with Crippen molar-refractivity contribution in [2.75, 3.05) is 13.2 Å². The summed E-state index contributed by atoms with van der Waals surface area (Å²) in [6.07, 6.45) is 1.65. The third kappa shape index (κ3) is 6.73. The van der Waals surface area contributed by atoms with Crippen LogP contribution in [0.2, 0.25) is 5.02 Å². The van der Waals surface area contributed by atoms with E-state index >= 15 is 0 Å². The Bertz CT molecular complexity index is 1290. The average molecular weight is 494 g/mol. The van der Waals surface area contributed by atoms with Gasteiger partial charge in [0.15, 0.2) is 0 Å². The van der Waals surface area contributed by atoms with Crippen molar-refractivity contribution < 1.29 is 9.90 Å². The summed E-state index contributed by atoms with van der Waals surface area (Å²) in [5, 5.41) is 12.9. The zero-order chi connectivity index (χ0) is 25.5. The lowest BCUT2D eigenvalue weighted by atomic mass is 10.1. The van der Waals surface area contributed by atoms with Crippen LogP contribution in [0.15, 0.2) is 53.5 Å². The molecule has 1 heterocycles. The molecule has 2 N–H and O–H groups in total. The van der Waals surface area contributed by atoms with Gasteiger partial charge in [0.2, 0.25) is 5.43 Å². The molecule has 0 fully saturated rings. The predicted octanol–water partition coefficient (Wildman–Crippen LogP) is 4.05. The van der Waals surface area contributed by atoms with Gasteiger partial charge in [-0.1, -0.05) is 35.6 Å². The fourth-order valence-electron chi connectivity index (χ4n) is 4.18. The minimum Gasteiger partial charge on any atom is -0.384 e. The second-order valence-electron chi connectivity index (χ2n) is 8.99. The quantitative estimate of drug-likeness (QED) is 0.464. The lowest BCUT2D eigenvalue weighted by Gasteiger charge is -2.31. The minimum atomic E-state index is -0.433. The molecule has 0 saturated carbocycles. The van der Waals surface area contributed by atoms with Gasteiger partial charge in [-0.2, -0.15) is 0 Å². The first-order valence-corrected chi connectivity index (χ1v) is 12.1. The predicted molar refractivity (Wildman–Crippen MR) is 142 cm³/mol. The molecule has 0 bridgehead atoms. The first kappa shape index (κ1) is 26.5. The van der Waals surface area contributed by atoms with E-state index in [2.05, 4.69) is 49.8 Å². The number of amides is 1. The Labute approximate surface area is 211 Å². The summed E-state index contributed by atoms with van der Waals surface area (Å²) in [7, 11) is 0. The number of benzene rings is 2. The highest BCUT2D eigenvalue weighted by Gasteiger charge is 2.18. The van der Waals surface area contributed by atoms with Gasteiger partial charge in [-0.05, 0) is 63.6 Å². The Kier molecular flexibility index (Phi) is 9.11. The van der Waals surface area contributed by atoms with E-state index in [9.17, 15) is 9.59 Å². The van der Waals surface area contributed by atoms with E-state index < -0.39 is 5.91 Å². The van der Waals surface area contributed by atoms with Gasteiger partial charge < -0.3 is 15.0 Å². The van der Waals surface area contributed by atoms with Crippen molar-refractivity contribution in [3.8, 4) is 11.8 Å². The number of hydrogen-bond donors (Lipinski definition) is 2. The fraction of sp³-hybridized carbons (Fsp3) is 0.357. The van der Waals surface area contributed by atoms with Crippen LogP contribution in [0.1, 0.15) is 49.2 Å². The summed E-state index contributed by atoms with van der Waals surface area (Å²) in [6, 6.07) is 13.3. The van der Waals surface area contributed by atoms with Gasteiger partial charge in [0.1, 0.15) is 12.2 Å². The molecule has 0 aliphatic carbocycles. The van der Waals surface area contributed by atoms with Gasteiger partial charge in [-0.3, -0.25) is 14.5 Å². The summed E-state index contributed by atoms with van der Waals surface area (Å²) in [5.74, 6) is 5.02. The van der Waals surface area contributed by atoms with Crippen LogP contribution in [-0.4, -0.2) is 45.7 Å². The van der Waals surface area contributed by atoms with Crippen molar-refractivity contribution in [3.05, 3.63) is 80.6 Å². The zero-order valence-electron chi connectivity index (χ0n) is 20.6. The van der Waals surface area contributed by atoms with E-state index in [1.54, 1.807) is 24.4 Å². The topological polar surface area (TPSA) is 74.6 Å². The fourth-order valence-corrected chi connectivity index (χ4v) is 4.31. The zero-order valence-corrected chi connectivity index (χ0v) is 21.4. The molecule has 7 heteroatoms. The minimum absolute atomic E-state index is 0.0828. The van der Waals surface area contributed by atoms with Crippen molar-refractivity contribution in [3.63, 3.8) is 0 Å². The van der Waals surface area contributed by atoms with E-state index in [4.69, 9.17) is 16.7 Å². The van der Waals surface area contributed by atoms with Crippen molar-refractivity contribution in [1.29, 1.82) is 0 Å². The Morgan fingerprint density at radius 1 is 1.11 bits per heavy atom. The number of aliphatic hydroxyl groups excluding tert-OH is 1. The number of pyridine rings is 1. The normalized spacial score (nSPS) is 11.2. The van der Waals surface area contributed by atoms with Crippen LogP contribution in [0, 0.1) is 11.8 Å². The van der Waals surface area contributed by atoms with Gasteiger partial charge in [0, 0.05) is 53.9 Å². The monoisotopic (exact) mass is 493 g/mol. The molecule has 0 saturated heterocycles. The maximum atomic E-state index is 13.4. The van der Waals surface area contributed by atoms with Gasteiger partial charge in [0.25, 0.3) is 5.91 Å². The molecule has 0 aliphatic heterocycles. The van der Waals surface area contributed by atoms with E-state index in [1.165, 1.54) is 0 Å². The molecule has 0 aliphatic rings.